The van der Waals surface area contributed by atoms with Crippen molar-refractivity contribution in [2.75, 3.05) is 33.2 Å². The highest BCUT2D eigenvalue weighted by atomic mass is 35.5. The first-order valence-electron chi connectivity index (χ1n) is 8.54. The third-order valence-corrected chi connectivity index (χ3v) is 4.97. The lowest BCUT2D eigenvalue weighted by molar-refractivity contribution is 0.0707. The molecule has 0 saturated carbocycles. The molecule has 2 aliphatic rings. The molecule has 1 N–H and O–H groups in total. The molecular formula is C18H29Cl2N3O. The molecule has 1 aromatic rings. The summed E-state index contributed by atoms with van der Waals surface area (Å²) in [6, 6.07) is 8.78. The fourth-order valence-electron chi connectivity index (χ4n) is 3.56. The average molecular weight is 374 g/mol. The van der Waals surface area contributed by atoms with Gasteiger partial charge in [-0.05, 0) is 63.5 Å². The summed E-state index contributed by atoms with van der Waals surface area (Å²) < 4.78 is 0. The molecule has 0 aliphatic carbocycles. The van der Waals surface area contributed by atoms with Crippen molar-refractivity contribution in [1.82, 2.24) is 15.1 Å². The second kappa shape index (κ2) is 10.2. The van der Waals surface area contributed by atoms with E-state index in [1.807, 2.05) is 24.1 Å². The number of amides is 1. The number of rotatable bonds is 4. The van der Waals surface area contributed by atoms with Crippen LogP contribution in [0.3, 0.4) is 0 Å². The van der Waals surface area contributed by atoms with E-state index in [9.17, 15) is 4.79 Å². The summed E-state index contributed by atoms with van der Waals surface area (Å²) in [6.45, 7) is 5.08. The van der Waals surface area contributed by atoms with Crippen molar-refractivity contribution in [3.63, 3.8) is 0 Å². The molecule has 1 aromatic carbocycles. The van der Waals surface area contributed by atoms with Gasteiger partial charge < -0.3 is 10.2 Å². The molecule has 0 spiro atoms. The van der Waals surface area contributed by atoms with Gasteiger partial charge >= 0.3 is 0 Å². The summed E-state index contributed by atoms with van der Waals surface area (Å²) in [5.74, 6) is 0.192. The molecule has 2 aliphatic heterocycles. The van der Waals surface area contributed by atoms with E-state index in [2.05, 4.69) is 22.3 Å². The summed E-state index contributed by atoms with van der Waals surface area (Å²) in [5.41, 5.74) is 2.11. The number of nitrogens with one attached hydrogen (secondary N) is 1. The van der Waals surface area contributed by atoms with Crippen LogP contribution >= 0.6 is 24.8 Å². The first kappa shape index (κ1) is 21.2. The quantitative estimate of drug-likeness (QED) is 0.880. The minimum absolute atomic E-state index is 0. The smallest absolute Gasteiger partial charge is 0.253 e. The maximum atomic E-state index is 12.7. The average Bonchev–Trinajstić information content (AvgIpc) is 3.07. The zero-order valence-corrected chi connectivity index (χ0v) is 16.0. The standard InChI is InChI=1S/C18H27N3O.2ClH/c1-19-17-7-11-21(12-8-17)18(22)16-6-4-5-15(13-16)14-20-9-2-3-10-20;;/h4-6,13,17,19H,2-3,7-12,14H2,1H3;2*1H. The Morgan fingerprint density at radius 2 is 1.79 bits per heavy atom. The van der Waals surface area contributed by atoms with Crippen molar-refractivity contribution < 1.29 is 4.79 Å². The van der Waals surface area contributed by atoms with Crippen molar-refractivity contribution >= 4 is 30.7 Å². The number of carbonyl (C=O) groups excluding carboxylic acids is 1. The summed E-state index contributed by atoms with van der Waals surface area (Å²) in [5, 5.41) is 3.31. The van der Waals surface area contributed by atoms with Crippen LogP contribution in [0.4, 0.5) is 0 Å². The summed E-state index contributed by atoms with van der Waals surface area (Å²) in [6.07, 6.45) is 4.71. The van der Waals surface area contributed by atoms with Crippen LogP contribution in [-0.2, 0) is 6.54 Å². The van der Waals surface area contributed by atoms with Gasteiger partial charge in [0.15, 0.2) is 0 Å². The number of nitrogens with zero attached hydrogens (tertiary/aromatic N) is 2. The SMILES string of the molecule is CNC1CCN(C(=O)c2cccc(CN3CCCC3)c2)CC1.Cl.Cl. The third-order valence-electron chi connectivity index (χ3n) is 4.97. The molecule has 2 fully saturated rings. The Hall–Kier alpha value is -0.810. The van der Waals surface area contributed by atoms with Crippen molar-refractivity contribution in [2.24, 2.45) is 0 Å². The summed E-state index contributed by atoms with van der Waals surface area (Å²) >= 11 is 0. The normalized spacial score (nSPS) is 18.8. The number of benzene rings is 1. The minimum atomic E-state index is 0. The number of piperidine rings is 1. The molecule has 0 atom stereocenters. The number of likely N-dealkylation sites (tertiary alicyclic amines) is 2. The first-order chi connectivity index (χ1) is 10.8. The van der Waals surface area contributed by atoms with Gasteiger partial charge in [0.25, 0.3) is 5.91 Å². The van der Waals surface area contributed by atoms with Crippen LogP contribution in [-0.4, -0.2) is 55.0 Å². The number of hydrogen-bond acceptors (Lipinski definition) is 3. The van der Waals surface area contributed by atoms with Crippen LogP contribution in [0.1, 0.15) is 41.6 Å². The van der Waals surface area contributed by atoms with E-state index in [-0.39, 0.29) is 30.7 Å². The van der Waals surface area contributed by atoms with Crippen LogP contribution in [0, 0.1) is 0 Å². The maximum Gasteiger partial charge on any atom is 0.253 e. The largest absolute Gasteiger partial charge is 0.339 e. The van der Waals surface area contributed by atoms with E-state index in [1.165, 1.54) is 31.5 Å². The Bertz CT molecular complexity index is 513. The van der Waals surface area contributed by atoms with Gasteiger partial charge in [-0.15, -0.1) is 24.8 Å². The molecule has 3 rings (SSSR count). The van der Waals surface area contributed by atoms with E-state index in [1.54, 1.807) is 0 Å². The lowest BCUT2D eigenvalue weighted by Crippen LogP contribution is -2.43. The molecule has 0 bridgehead atoms. The molecule has 6 heteroatoms. The zero-order valence-electron chi connectivity index (χ0n) is 14.4. The van der Waals surface area contributed by atoms with Gasteiger partial charge in [-0.2, -0.15) is 0 Å². The van der Waals surface area contributed by atoms with Gasteiger partial charge in [0.2, 0.25) is 0 Å². The Balaban J connectivity index is 0.00000144. The fraction of sp³-hybridized carbons (Fsp3) is 0.611. The van der Waals surface area contributed by atoms with Gasteiger partial charge in [-0.3, -0.25) is 9.69 Å². The molecule has 1 amide bonds. The van der Waals surface area contributed by atoms with Gasteiger partial charge in [0, 0.05) is 31.2 Å². The van der Waals surface area contributed by atoms with Crippen LogP contribution in [0.15, 0.2) is 24.3 Å². The molecule has 24 heavy (non-hydrogen) atoms. The fourth-order valence-corrected chi connectivity index (χ4v) is 3.56. The van der Waals surface area contributed by atoms with E-state index in [0.717, 1.165) is 38.0 Å². The van der Waals surface area contributed by atoms with Gasteiger partial charge in [0.1, 0.15) is 0 Å². The highest BCUT2D eigenvalue weighted by Crippen LogP contribution is 2.17. The summed E-state index contributed by atoms with van der Waals surface area (Å²) in [4.78, 5) is 17.2. The number of halogens is 2. The second-order valence-corrected chi connectivity index (χ2v) is 6.54. The molecule has 4 nitrogen and oxygen atoms in total. The van der Waals surface area contributed by atoms with Crippen molar-refractivity contribution in [2.45, 2.75) is 38.3 Å². The van der Waals surface area contributed by atoms with Crippen molar-refractivity contribution in [1.29, 1.82) is 0 Å². The van der Waals surface area contributed by atoms with Crippen LogP contribution in [0.2, 0.25) is 0 Å². The number of carbonyl (C=O) groups is 1. The minimum Gasteiger partial charge on any atom is -0.339 e. The molecule has 136 valence electrons. The monoisotopic (exact) mass is 373 g/mol. The molecule has 0 unspecified atom stereocenters. The Kier molecular flexibility index (Phi) is 9.06. The van der Waals surface area contributed by atoms with Gasteiger partial charge in [0.05, 0.1) is 0 Å². The maximum absolute atomic E-state index is 12.7. The van der Waals surface area contributed by atoms with E-state index < -0.39 is 0 Å². The lowest BCUT2D eigenvalue weighted by Gasteiger charge is -2.32. The van der Waals surface area contributed by atoms with Crippen LogP contribution < -0.4 is 5.32 Å². The predicted octanol–water partition coefficient (Wildman–Crippen LogP) is 2.95. The number of hydrogen-bond donors (Lipinski definition) is 1. The van der Waals surface area contributed by atoms with Crippen molar-refractivity contribution in [3.05, 3.63) is 35.4 Å². The van der Waals surface area contributed by atoms with Gasteiger partial charge in [-0.1, -0.05) is 12.1 Å². The Morgan fingerprint density at radius 3 is 2.42 bits per heavy atom. The molecule has 0 aromatic heterocycles. The van der Waals surface area contributed by atoms with E-state index in [4.69, 9.17) is 0 Å². The summed E-state index contributed by atoms with van der Waals surface area (Å²) in [7, 11) is 2.00. The molecule has 2 heterocycles. The third kappa shape index (κ3) is 5.35. The second-order valence-electron chi connectivity index (χ2n) is 6.54. The van der Waals surface area contributed by atoms with Crippen LogP contribution in [0.25, 0.3) is 0 Å². The van der Waals surface area contributed by atoms with E-state index >= 15 is 0 Å². The Morgan fingerprint density at radius 1 is 1.12 bits per heavy atom. The Labute approximate surface area is 157 Å². The van der Waals surface area contributed by atoms with E-state index in [0.29, 0.717) is 6.04 Å². The lowest BCUT2D eigenvalue weighted by atomic mass is 10.0. The molecule has 0 radical (unpaired) electrons. The predicted molar refractivity (Wildman–Crippen MR) is 103 cm³/mol. The van der Waals surface area contributed by atoms with Gasteiger partial charge in [-0.25, -0.2) is 0 Å². The van der Waals surface area contributed by atoms with Crippen molar-refractivity contribution in [3.8, 4) is 0 Å². The topological polar surface area (TPSA) is 35.6 Å². The van der Waals surface area contributed by atoms with Crippen LogP contribution in [0.5, 0.6) is 0 Å². The molecular weight excluding hydrogens is 345 g/mol. The highest BCUT2D eigenvalue weighted by Gasteiger charge is 2.23. The highest BCUT2D eigenvalue weighted by molar-refractivity contribution is 5.94. The zero-order chi connectivity index (χ0) is 15.4. The molecule has 2 saturated heterocycles. The first-order valence-corrected chi connectivity index (χ1v) is 8.54.